The molecule has 0 fully saturated rings. The minimum atomic E-state index is -0.572. The molecule has 3 rings (SSSR count). The number of benzene rings is 1. The first-order valence-electron chi connectivity index (χ1n) is 8.99. The third-order valence-corrected chi connectivity index (χ3v) is 5.79. The van der Waals surface area contributed by atoms with E-state index in [0.717, 1.165) is 36.1 Å². The van der Waals surface area contributed by atoms with Crippen LogP contribution in [0.15, 0.2) is 24.3 Å². The van der Waals surface area contributed by atoms with E-state index in [1.54, 1.807) is 12.1 Å². The molecule has 2 aromatic rings. The van der Waals surface area contributed by atoms with Gasteiger partial charge in [-0.05, 0) is 49.3 Å². The fraction of sp³-hybridized carbons (Fsp3) is 0.400. The number of thiophene rings is 1. The van der Waals surface area contributed by atoms with Crippen LogP contribution in [0.5, 0.6) is 0 Å². The van der Waals surface area contributed by atoms with Gasteiger partial charge in [-0.25, -0.2) is 4.39 Å². The lowest BCUT2D eigenvalue weighted by molar-refractivity contribution is 0.0953. The fourth-order valence-corrected chi connectivity index (χ4v) is 4.63. The molecular formula is C20H23FN2O2S. The lowest BCUT2D eigenvalue weighted by atomic mass is 9.88. The van der Waals surface area contributed by atoms with Gasteiger partial charge in [-0.3, -0.25) is 9.59 Å². The molecule has 1 heterocycles. The molecule has 2 N–H and O–H groups in total. The van der Waals surface area contributed by atoms with Gasteiger partial charge in [-0.2, -0.15) is 0 Å². The van der Waals surface area contributed by atoms with Crippen molar-refractivity contribution >= 4 is 28.2 Å². The van der Waals surface area contributed by atoms with Crippen molar-refractivity contribution in [2.24, 2.45) is 5.92 Å². The maximum atomic E-state index is 13.9. The summed E-state index contributed by atoms with van der Waals surface area (Å²) in [6.07, 6.45) is 3.60. The van der Waals surface area contributed by atoms with Crippen LogP contribution in [0.25, 0.3) is 0 Å². The van der Waals surface area contributed by atoms with Crippen molar-refractivity contribution in [2.75, 3.05) is 11.9 Å². The summed E-state index contributed by atoms with van der Waals surface area (Å²) >= 11 is 1.44. The van der Waals surface area contributed by atoms with Gasteiger partial charge in [0.15, 0.2) is 0 Å². The van der Waals surface area contributed by atoms with Gasteiger partial charge in [-0.1, -0.05) is 26.0 Å². The van der Waals surface area contributed by atoms with E-state index in [1.807, 2.05) is 6.92 Å². The van der Waals surface area contributed by atoms with Crippen LogP contribution in [0.4, 0.5) is 9.39 Å². The molecule has 26 heavy (non-hydrogen) atoms. The van der Waals surface area contributed by atoms with Crippen LogP contribution in [0.2, 0.25) is 0 Å². The van der Waals surface area contributed by atoms with E-state index in [9.17, 15) is 14.0 Å². The number of nitrogens with one attached hydrogen (secondary N) is 2. The van der Waals surface area contributed by atoms with E-state index in [4.69, 9.17) is 0 Å². The third-order valence-electron chi connectivity index (χ3n) is 4.62. The maximum Gasteiger partial charge on any atom is 0.259 e. The van der Waals surface area contributed by atoms with E-state index in [0.29, 0.717) is 23.0 Å². The number of hydrogen-bond donors (Lipinski definition) is 2. The highest BCUT2D eigenvalue weighted by atomic mass is 32.1. The molecule has 138 valence electrons. The van der Waals surface area contributed by atoms with E-state index in [2.05, 4.69) is 17.6 Å². The summed E-state index contributed by atoms with van der Waals surface area (Å²) in [7, 11) is 0. The number of halogens is 1. The zero-order chi connectivity index (χ0) is 18.7. The van der Waals surface area contributed by atoms with Gasteiger partial charge < -0.3 is 10.6 Å². The Morgan fingerprint density at radius 1 is 1.27 bits per heavy atom. The Morgan fingerprint density at radius 3 is 2.77 bits per heavy atom. The molecule has 0 spiro atoms. The highest BCUT2D eigenvalue weighted by Crippen LogP contribution is 2.39. The molecule has 0 bridgehead atoms. The van der Waals surface area contributed by atoms with Crippen molar-refractivity contribution in [3.05, 3.63) is 51.7 Å². The van der Waals surface area contributed by atoms with Gasteiger partial charge in [-0.15, -0.1) is 11.3 Å². The average Bonchev–Trinajstić information content (AvgIpc) is 2.96. The summed E-state index contributed by atoms with van der Waals surface area (Å²) in [5, 5.41) is 6.20. The maximum absolute atomic E-state index is 13.9. The zero-order valence-corrected chi connectivity index (χ0v) is 15.8. The second-order valence-corrected chi connectivity index (χ2v) is 7.85. The third kappa shape index (κ3) is 3.80. The lowest BCUT2D eigenvalue weighted by Gasteiger charge is -2.18. The smallest absolute Gasteiger partial charge is 0.259 e. The van der Waals surface area contributed by atoms with Crippen LogP contribution in [-0.2, 0) is 12.8 Å². The number of amides is 2. The summed E-state index contributed by atoms with van der Waals surface area (Å²) in [6.45, 7) is 4.77. The summed E-state index contributed by atoms with van der Waals surface area (Å²) in [4.78, 5) is 26.4. The lowest BCUT2D eigenvalue weighted by Crippen LogP contribution is -2.26. The van der Waals surface area contributed by atoms with E-state index >= 15 is 0 Å². The molecule has 0 radical (unpaired) electrons. The Labute approximate surface area is 156 Å². The molecule has 0 aliphatic heterocycles. The zero-order valence-electron chi connectivity index (χ0n) is 15.0. The number of carbonyl (C=O) groups excluding carboxylic acids is 2. The average molecular weight is 374 g/mol. The minimum absolute atomic E-state index is 0.0212. The normalized spacial score (nSPS) is 16.0. The molecule has 1 aromatic heterocycles. The van der Waals surface area contributed by atoms with Gasteiger partial charge in [0.25, 0.3) is 11.8 Å². The van der Waals surface area contributed by atoms with Crippen LogP contribution in [0, 0.1) is 11.7 Å². The Morgan fingerprint density at radius 2 is 2.04 bits per heavy atom. The summed E-state index contributed by atoms with van der Waals surface area (Å²) in [5.41, 5.74) is 1.56. The van der Waals surface area contributed by atoms with Crippen molar-refractivity contribution < 1.29 is 14.0 Å². The van der Waals surface area contributed by atoms with Gasteiger partial charge in [0.1, 0.15) is 10.8 Å². The molecule has 1 atom stereocenters. The standard InChI is InChI=1S/C20H23FN2O2S/c1-3-10-22-19(25)17-14-9-8-12(2)11-16(14)26-20(17)23-18(24)13-6-4-5-7-15(13)21/h4-7,12H,3,8-11H2,1-2H3,(H,22,25)(H,23,24). The van der Waals surface area contributed by atoms with Crippen molar-refractivity contribution in [2.45, 2.75) is 39.5 Å². The van der Waals surface area contributed by atoms with Crippen LogP contribution < -0.4 is 10.6 Å². The fourth-order valence-electron chi connectivity index (χ4n) is 3.22. The van der Waals surface area contributed by atoms with Gasteiger partial charge in [0.05, 0.1) is 11.1 Å². The molecule has 1 aromatic carbocycles. The van der Waals surface area contributed by atoms with Gasteiger partial charge in [0, 0.05) is 11.4 Å². The molecule has 0 saturated heterocycles. The van der Waals surface area contributed by atoms with Crippen LogP contribution >= 0.6 is 11.3 Å². The van der Waals surface area contributed by atoms with Crippen molar-refractivity contribution in [1.82, 2.24) is 5.32 Å². The van der Waals surface area contributed by atoms with Crippen LogP contribution in [0.1, 0.15) is 57.8 Å². The van der Waals surface area contributed by atoms with E-state index in [1.165, 1.54) is 23.5 Å². The van der Waals surface area contributed by atoms with Crippen molar-refractivity contribution in [3.8, 4) is 0 Å². The predicted molar refractivity (Wildman–Crippen MR) is 102 cm³/mol. The molecule has 1 unspecified atom stereocenters. The highest BCUT2D eigenvalue weighted by molar-refractivity contribution is 7.17. The number of fused-ring (bicyclic) bond motifs is 1. The van der Waals surface area contributed by atoms with Crippen LogP contribution in [-0.4, -0.2) is 18.4 Å². The Hall–Kier alpha value is -2.21. The summed E-state index contributed by atoms with van der Waals surface area (Å²) in [5.74, 6) is -0.707. The number of hydrogen-bond acceptors (Lipinski definition) is 3. The second kappa shape index (κ2) is 7.99. The topological polar surface area (TPSA) is 58.2 Å². The molecule has 4 nitrogen and oxygen atoms in total. The van der Waals surface area contributed by atoms with Crippen molar-refractivity contribution in [1.29, 1.82) is 0 Å². The molecule has 1 aliphatic carbocycles. The summed E-state index contributed by atoms with van der Waals surface area (Å²) < 4.78 is 13.9. The number of rotatable bonds is 5. The van der Waals surface area contributed by atoms with Gasteiger partial charge >= 0.3 is 0 Å². The predicted octanol–water partition coefficient (Wildman–Crippen LogP) is 4.40. The SMILES string of the molecule is CCCNC(=O)c1c(NC(=O)c2ccccc2F)sc2c1CCC(C)C2. The Bertz CT molecular complexity index is 831. The number of anilines is 1. The first kappa shape index (κ1) is 18.6. The Balaban J connectivity index is 1.94. The van der Waals surface area contributed by atoms with Gasteiger partial charge in [0.2, 0.25) is 0 Å². The molecular weight excluding hydrogens is 351 g/mol. The van der Waals surface area contributed by atoms with E-state index < -0.39 is 11.7 Å². The van der Waals surface area contributed by atoms with E-state index in [-0.39, 0.29) is 11.5 Å². The number of carbonyl (C=O) groups is 2. The monoisotopic (exact) mass is 374 g/mol. The van der Waals surface area contributed by atoms with Crippen LogP contribution in [0.3, 0.4) is 0 Å². The summed E-state index contributed by atoms with van der Waals surface area (Å²) in [6, 6.07) is 5.86. The first-order chi connectivity index (χ1) is 12.5. The molecule has 0 saturated carbocycles. The molecule has 6 heteroatoms. The Kier molecular flexibility index (Phi) is 5.71. The van der Waals surface area contributed by atoms with Crippen molar-refractivity contribution in [3.63, 3.8) is 0 Å². The highest BCUT2D eigenvalue weighted by Gasteiger charge is 2.28. The first-order valence-corrected chi connectivity index (χ1v) is 9.81. The molecule has 2 amide bonds. The quantitative estimate of drug-likeness (QED) is 0.815. The second-order valence-electron chi connectivity index (χ2n) is 6.75. The largest absolute Gasteiger partial charge is 0.352 e. The minimum Gasteiger partial charge on any atom is -0.352 e. The molecule has 1 aliphatic rings.